The van der Waals surface area contributed by atoms with Crippen molar-refractivity contribution >= 4 is 11.8 Å². The van der Waals surface area contributed by atoms with Crippen LogP contribution in [0.15, 0.2) is 67.0 Å². The highest BCUT2D eigenvalue weighted by Gasteiger charge is 2.13. The summed E-state index contributed by atoms with van der Waals surface area (Å²) < 4.78 is 12.6. The Balaban J connectivity index is 1.66. The van der Waals surface area contributed by atoms with Crippen molar-refractivity contribution in [3.05, 3.63) is 78.1 Å². The molecule has 1 heterocycles. The van der Waals surface area contributed by atoms with Gasteiger partial charge in [-0.3, -0.25) is 20.4 Å². The molecule has 3 rings (SSSR count). The smallest absolute Gasteiger partial charge is 0.269 e. The summed E-state index contributed by atoms with van der Waals surface area (Å²) in [5.74, 6) is 0.115. The fourth-order valence-corrected chi connectivity index (χ4v) is 2.66. The number of nitrogens with zero attached hydrogens (tertiary/aromatic N) is 1. The molecule has 7 nitrogen and oxygen atoms in total. The van der Waals surface area contributed by atoms with Crippen molar-refractivity contribution in [1.29, 1.82) is 0 Å². The van der Waals surface area contributed by atoms with E-state index >= 15 is 0 Å². The minimum atomic E-state index is -0.462. The standard InChI is InChI=1S/C21H21N3O4/c1-3-28-18-10-9-16(14-19(18)27-2)21(26)23-22-20(25)15-7-6-8-17(13-15)24-11-4-5-12-24/h4-14H,3H2,1-2H3,(H,22,25)(H,23,26). The number of hydrogen-bond donors (Lipinski definition) is 2. The minimum absolute atomic E-state index is 0.335. The zero-order valence-electron chi connectivity index (χ0n) is 15.6. The first-order chi connectivity index (χ1) is 13.6. The van der Waals surface area contributed by atoms with E-state index in [1.165, 1.54) is 7.11 Å². The fraction of sp³-hybridized carbons (Fsp3) is 0.143. The lowest BCUT2D eigenvalue weighted by Crippen LogP contribution is -2.41. The first kappa shape index (κ1) is 19.0. The topological polar surface area (TPSA) is 81.6 Å². The van der Waals surface area contributed by atoms with E-state index in [9.17, 15) is 9.59 Å². The molecule has 144 valence electrons. The Labute approximate surface area is 162 Å². The Hall–Kier alpha value is -3.74. The van der Waals surface area contributed by atoms with Crippen LogP contribution in [0, 0.1) is 0 Å². The number of ether oxygens (including phenoxy) is 2. The second-order valence-electron chi connectivity index (χ2n) is 5.85. The minimum Gasteiger partial charge on any atom is -0.493 e. The van der Waals surface area contributed by atoms with E-state index in [4.69, 9.17) is 9.47 Å². The Kier molecular flexibility index (Phi) is 5.96. The van der Waals surface area contributed by atoms with Gasteiger partial charge in [-0.05, 0) is 55.5 Å². The molecule has 0 aliphatic heterocycles. The summed E-state index contributed by atoms with van der Waals surface area (Å²) in [4.78, 5) is 24.7. The van der Waals surface area contributed by atoms with Crippen LogP contribution in [-0.2, 0) is 0 Å². The van der Waals surface area contributed by atoms with Crippen molar-refractivity contribution in [1.82, 2.24) is 15.4 Å². The summed E-state index contributed by atoms with van der Waals surface area (Å²) in [5, 5.41) is 0. The van der Waals surface area contributed by atoms with Gasteiger partial charge in [-0.25, -0.2) is 0 Å². The number of aromatic nitrogens is 1. The molecule has 3 aromatic rings. The molecule has 28 heavy (non-hydrogen) atoms. The van der Waals surface area contributed by atoms with Gasteiger partial charge in [0.2, 0.25) is 0 Å². The van der Waals surface area contributed by atoms with E-state index in [0.29, 0.717) is 29.2 Å². The number of amides is 2. The number of benzene rings is 2. The summed E-state index contributed by atoms with van der Waals surface area (Å²) in [6.07, 6.45) is 3.77. The molecule has 0 saturated heterocycles. The van der Waals surface area contributed by atoms with Gasteiger partial charge in [0.25, 0.3) is 11.8 Å². The largest absolute Gasteiger partial charge is 0.493 e. The molecular weight excluding hydrogens is 358 g/mol. The Morgan fingerprint density at radius 3 is 2.21 bits per heavy atom. The van der Waals surface area contributed by atoms with Crippen LogP contribution in [0.1, 0.15) is 27.6 Å². The second kappa shape index (κ2) is 8.77. The van der Waals surface area contributed by atoms with E-state index < -0.39 is 11.8 Å². The van der Waals surface area contributed by atoms with Gasteiger partial charge in [0, 0.05) is 29.2 Å². The molecule has 7 heteroatoms. The third-order valence-electron chi connectivity index (χ3n) is 4.03. The van der Waals surface area contributed by atoms with Gasteiger partial charge >= 0.3 is 0 Å². The van der Waals surface area contributed by atoms with Crippen LogP contribution in [0.4, 0.5) is 0 Å². The molecular formula is C21H21N3O4. The first-order valence-corrected chi connectivity index (χ1v) is 8.77. The molecule has 2 amide bonds. The molecule has 0 aliphatic rings. The maximum atomic E-state index is 12.4. The predicted octanol–water partition coefficient (Wildman–Crippen LogP) is 2.96. The number of hydrazine groups is 1. The van der Waals surface area contributed by atoms with Gasteiger partial charge in [0.15, 0.2) is 11.5 Å². The van der Waals surface area contributed by atoms with Crippen molar-refractivity contribution in [2.24, 2.45) is 0 Å². The molecule has 1 aromatic heterocycles. The number of hydrogen-bond acceptors (Lipinski definition) is 4. The van der Waals surface area contributed by atoms with Gasteiger partial charge in [-0.1, -0.05) is 6.07 Å². The van der Waals surface area contributed by atoms with Crippen molar-refractivity contribution in [3.63, 3.8) is 0 Å². The lowest BCUT2D eigenvalue weighted by molar-refractivity contribution is 0.0846. The van der Waals surface area contributed by atoms with Crippen LogP contribution in [-0.4, -0.2) is 30.1 Å². The summed E-state index contributed by atoms with van der Waals surface area (Å²) in [5.41, 5.74) is 6.45. The Morgan fingerprint density at radius 1 is 0.893 bits per heavy atom. The van der Waals surface area contributed by atoms with Crippen molar-refractivity contribution < 1.29 is 19.1 Å². The molecule has 0 aliphatic carbocycles. The average Bonchev–Trinajstić information content (AvgIpc) is 3.27. The van der Waals surface area contributed by atoms with E-state index in [1.807, 2.05) is 42.1 Å². The van der Waals surface area contributed by atoms with E-state index in [0.717, 1.165) is 5.69 Å². The average molecular weight is 379 g/mol. The zero-order chi connectivity index (χ0) is 19.9. The number of nitrogens with one attached hydrogen (secondary N) is 2. The molecule has 0 spiro atoms. The van der Waals surface area contributed by atoms with Crippen LogP contribution in [0.25, 0.3) is 5.69 Å². The molecule has 0 unspecified atom stereocenters. The predicted molar refractivity (Wildman–Crippen MR) is 105 cm³/mol. The van der Waals surface area contributed by atoms with Crippen LogP contribution in [0.2, 0.25) is 0 Å². The number of carbonyl (C=O) groups excluding carboxylic acids is 2. The number of rotatable bonds is 6. The van der Waals surface area contributed by atoms with Crippen molar-refractivity contribution in [2.45, 2.75) is 6.92 Å². The summed E-state index contributed by atoms with van der Waals surface area (Å²) in [6.45, 7) is 2.35. The lowest BCUT2D eigenvalue weighted by atomic mass is 10.2. The maximum Gasteiger partial charge on any atom is 0.269 e. The van der Waals surface area contributed by atoms with Crippen LogP contribution < -0.4 is 20.3 Å². The van der Waals surface area contributed by atoms with E-state index in [2.05, 4.69) is 10.9 Å². The molecule has 0 saturated carbocycles. The van der Waals surface area contributed by atoms with Crippen molar-refractivity contribution in [2.75, 3.05) is 13.7 Å². The summed E-state index contributed by atoms with van der Waals surface area (Å²) in [6, 6.07) is 15.7. The van der Waals surface area contributed by atoms with Gasteiger partial charge in [0.05, 0.1) is 13.7 Å². The highest BCUT2D eigenvalue weighted by Crippen LogP contribution is 2.27. The maximum absolute atomic E-state index is 12.4. The summed E-state index contributed by atoms with van der Waals surface area (Å²) in [7, 11) is 1.50. The molecule has 0 atom stereocenters. The third kappa shape index (κ3) is 4.32. The van der Waals surface area contributed by atoms with E-state index in [-0.39, 0.29) is 0 Å². The second-order valence-corrected chi connectivity index (χ2v) is 5.85. The van der Waals surface area contributed by atoms with Gasteiger partial charge in [-0.2, -0.15) is 0 Å². The fourth-order valence-electron chi connectivity index (χ4n) is 2.66. The van der Waals surface area contributed by atoms with Gasteiger partial charge < -0.3 is 14.0 Å². The highest BCUT2D eigenvalue weighted by molar-refractivity contribution is 5.99. The Bertz CT molecular complexity index is 968. The van der Waals surface area contributed by atoms with Crippen molar-refractivity contribution in [3.8, 4) is 17.2 Å². The molecule has 0 radical (unpaired) electrons. The number of methoxy groups -OCH3 is 1. The number of carbonyl (C=O) groups is 2. The van der Waals surface area contributed by atoms with Crippen LogP contribution in [0.5, 0.6) is 11.5 Å². The molecule has 0 fully saturated rings. The normalized spacial score (nSPS) is 10.2. The van der Waals surface area contributed by atoms with Gasteiger partial charge in [-0.15, -0.1) is 0 Å². The lowest BCUT2D eigenvalue weighted by Gasteiger charge is -2.12. The SMILES string of the molecule is CCOc1ccc(C(=O)NNC(=O)c2cccc(-n3cccc3)c2)cc1OC. The van der Waals surface area contributed by atoms with E-state index in [1.54, 1.807) is 36.4 Å². The third-order valence-corrected chi connectivity index (χ3v) is 4.03. The van der Waals surface area contributed by atoms with Crippen LogP contribution >= 0.6 is 0 Å². The molecule has 2 aromatic carbocycles. The Morgan fingerprint density at radius 2 is 1.57 bits per heavy atom. The highest BCUT2D eigenvalue weighted by atomic mass is 16.5. The molecule has 2 N–H and O–H groups in total. The first-order valence-electron chi connectivity index (χ1n) is 8.77. The molecule has 0 bridgehead atoms. The summed E-state index contributed by atoms with van der Waals surface area (Å²) >= 11 is 0. The quantitative estimate of drug-likeness (QED) is 0.645. The van der Waals surface area contributed by atoms with Crippen LogP contribution in [0.3, 0.4) is 0 Å². The zero-order valence-corrected chi connectivity index (χ0v) is 15.6. The monoisotopic (exact) mass is 379 g/mol. The van der Waals surface area contributed by atoms with Gasteiger partial charge in [0.1, 0.15) is 0 Å².